The van der Waals surface area contributed by atoms with Gasteiger partial charge in [0.2, 0.25) is 10.0 Å². The summed E-state index contributed by atoms with van der Waals surface area (Å²) < 4.78 is 25.9. The van der Waals surface area contributed by atoms with Crippen molar-refractivity contribution in [3.8, 4) is 0 Å². The fourth-order valence-electron chi connectivity index (χ4n) is 1.08. The number of nitrogens with one attached hydrogen (secondary N) is 1. The van der Waals surface area contributed by atoms with Crippen molar-refractivity contribution < 1.29 is 8.42 Å². The Kier molecular flexibility index (Phi) is 2.60. The first-order chi connectivity index (χ1) is 5.92. The van der Waals surface area contributed by atoms with Crippen LogP contribution in [0.1, 0.15) is 12.6 Å². The zero-order valence-corrected chi connectivity index (χ0v) is 8.72. The molecular formula is C7H13N3O2S. The van der Waals surface area contributed by atoms with E-state index in [4.69, 9.17) is 0 Å². The minimum atomic E-state index is -3.20. The van der Waals surface area contributed by atoms with Crippen LogP contribution in [0.25, 0.3) is 0 Å². The van der Waals surface area contributed by atoms with Gasteiger partial charge in [-0.05, 0) is 6.42 Å². The summed E-state index contributed by atoms with van der Waals surface area (Å²) in [5.74, 6) is 0. The molecule has 1 N–H and O–H groups in total. The third-order valence-corrected chi connectivity index (χ3v) is 2.13. The third-order valence-electron chi connectivity index (χ3n) is 1.54. The Hall–Kier alpha value is -1.04. The highest BCUT2D eigenvalue weighted by atomic mass is 32.2. The molecule has 1 aromatic rings. The zero-order valence-electron chi connectivity index (χ0n) is 7.90. The molecule has 0 aliphatic rings. The summed E-state index contributed by atoms with van der Waals surface area (Å²) in [5.41, 5.74) is 1.32. The molecule has 1 heterocycles. The second-order valence-corrected chi connectivity index (χ2v) is 4.64. The van der Waals surface area contributed by atoms with Crippen molar-refractivity contribution in [2.75, 3.05) is 11.0 Å². The molecule has 1 rings (SSSR count). The number of nitrogens with zero attached hydrogens (tertiary/aromatic N) is 2. The lowest BCUT2D eigenvalue weighted by atomic mass is 10.3. The highest BCUT2D eigenvalue weighted by Crippen LogP contribution is 2.14. The van der Waals surface area contributed by atoms with Crippen LogP contribution in [-0.4, -0.2) is 24.5 Å². The van der Waals surface area contributed by atoms with E-state index in [1.165, 1.54) is 0 Å². The van der Waals surface area contributed by atoms with Gasteiger partial charge in [-0.3, -0.25) is 9.40 Å². The van der Waals surface area contributed by atoms with Crippen LogP contribution in [0, 0.1) is 0 Å². The van der Waals surface area contributed by atoms with Crippen LogP contribution in [0.4, 0.5) is 5.69 Å². The summed E-state index contributed by atoms with van der Waals surface area (Å²) >= 11 is 0. The molecule has 0 aliphatic heterocycles. The average molecular weight is 203 g/mol. The van der Waals surface area contributed by atoms with E-state index >= 15 is 0 Å². The van der Waals surface area contributed by atoms with Gasteiger partial charge in [0.1, 0.15) is 0 Å². The molecule has 5 nitrogen and oxygen atoms in total. The van der Waals surface area contributed by atoms with Gasteiger partial charge in [0, 0.05) is 13.2 Å². The van der Waals surface area contributed by atoms with Crippen molar-refractivity contribution in [2.24, 2.45) is 7.05 Å². The highest BCUT2D eigenvalue weighted by molar-refractivity contribution is 7.92. The molecular weight excluding hydrogens is 190 g/mol. The molecule has 0 spiro atoms. The molecule has 0 aliphatic carbocycles. The maximum atomic E-state index is 10.9. The van der Waals surface area contributed by atoms with E-state index in [0.717, 1.165) is 11.9 Å². The summed E-state index contributed by atoms with van der Waals surface area (Å²) in [4.78, 5) is 0. The largest absolute Gasteiger partial charge is 0.280 e. The molecule has 74 valence electrons. The van der Waals surface area contributed by atoms with E-state index in [0.29, 0.717) is 12.1 Å². The molecule has 0 atom stereocenters. The van der Waals surface area contributed by atoms with Gasteiger partial charge < -0.3 is 0 Å². The fourth-order valence-corrected chi connectivity index (χ4v) is 1.65. The minimum Gasteiger partial charge on any atom is -0.280 e. The molecule has 0 saturated carbocycles. The molecule has 0 amide bonds. The van der Waals surface area contributed by atoms with Crippen molar-refractivity contribution >= 4 is 15.7 Å². The third kappa shape index (κ3) is 2.73. The Morgan fingerprint density at radius 1 is 1.62 bits per heavy atom. The zero-order chi connectivity index (χ0) is 10.1. The highest BCUT2D eigenvalue weighted by Gasteiger charge is 2.09. The molecule has 6 heteroatoms. The monoisotopic (exact) mass is 203 g/mol. The van der Waals surface area contributed by atoms with E-state index in [-0.39, 0.29) is 0 Å². The maximum absolute atomic E-state index is 10.9. The smallest absolute Gasteiger partial charge is 0.229 e. The van der Waals surface area contributed by atoms with Crippen LogP contribution in [0.15, 0.2) is 6.20 Å². The summed E-state index contributed by atoms with van der Waals surface area (Å²) in [6.45, 7) is 1.93. The van der Waals surface area contributed by atoms with Crippen LogP contribution in [0.2, 0.25) is 0 Å². The van der Waals surface area contributed by atoms with Gasteiger partial charge in [0.15, 0.2) is 0 Å². The van der Waals surface area contributed by atoms with Gasteiger partial charge in [-0.2, -0.15) is 5.10 Å². The number of hydrogen-bond acceptors (Lipinski definition) is 3. The summed E-state index contributed by atoms with van der Waals surface area (Å²) in [7, 11) is -1.44. The number of aromatic nitrogens is 2. The lowest BCUT2D eigenvalue weighted by Crippen LogP contribution is -2.10. The molecule has 0 saturated heterocycles. The first-order valence-electron chi connectivity index (χ1n) is 3.92. The quantitative estimate of drug-likeness (QED) is 0.771. The Bertz CT molecular complexity index is 394. The van der Waals surface area contributed by atoms with Crippen LogP contribution < -0.4 is 4.72 Å². The Morgan fingerprint density at radius 3 is 2.69 bits per heavy atom. The average Bonchev–Trinajstić information content (AvgIpc) is 2.27. The normalized spacial score (nSPS) is 11.6. The predicted molar refractivity (Wildman–Crippen MR) is 51.1 cm³/mol. The van der Waals surface area contributed by atoms with Gasteiger partial charge in [0.25, 0.3) is 0 Å². The van der Waals surface area contributed by atoms with Gasteiger partial charge in [-0.15, -0.1) is 0 Å². The van der Waals surface area contributed by atoms with Crippen LogP contribution >= 0.6 is 0 Å². The Labute approximate surface area is 77.8 Å². The number of aryl methyl sites for hydroxylation is 2. The molecule has 0 bridgehead atoms. The predicted octanol–water partition coefficient (Wildman–Crippen LogP) is 0.354. The number of anilines is 1. The summed E-state index contributed by atoms with van der Waals surface area (Å²) in [6, 6.07) is 0. The van der Waals surface area contributed by atoms with E-state index < -0.39 is 10.0 Å². The fraction of sp³-hybridized carbons (Fsp3) is 0.571. The van der Waals surface area contributed by atoms with E-state index in [2.05, 4.69) is 9.82 Å². The van der Waals surface area contributed by atoms with Crippen molar-refractivity contribution in [3.63, 3.8) is 0 Å². The minimum absolute atomic E-state index is 0.563. The molecule has 0 fully saturated rings. The van der Waals surface area contributed by atoms with Crippen molar-refractivity contribution in [3.05, 3.63) is 11.9 Å². The number of rotatable bonds is 3. The van der Waals surface area contributed by atoms with E-state index in [1.54, 1.807) is 17.9 Å². The van der Waals surface area contributed by atoms with Gasteiger partial charge in [-0.1, -0.05) is 6.92 Å². The van der Waals surface area contributed by atoms with E-state index in [1.807, 2.05) is 6.92 Å². The number of sulfonamides is 1. The summed E-state index contributed by atoms with van der Waals surface area (Å²) in [6.07, 6.45) is 3.48. The first kappa shape index (κ1) is 10.0. The van der Waals surface area contributed by atoms with Crippen molar-refractivity contribution in [1.29, 1.82) is 0 Å². The molecule has 0 unspecified atom stereocenters. The molecule has 0 aromatic carbocycles. The standard InChI is InChI=1S/C7H13N3O2S/c1-4-6-7(5-10(2)8-6)9-13(3,11)12/h5,9H,4H2,1-3H3. The van der Waals surface area contributed by atoms with E-state index in [9.17, 15) is 8.42 Å². The van der Waals surface area contributed by atoms with Gasteiger partial charge in [-0.25, -0.2) is 8.42 Å². The Balaban J connectivity index is 3.00. The molecule has 1 aromatic heterocycles. The van der Waals surface area contributed by atoms with Crippen LogP contribution in [0.5, 0.6) is 0 Å². The second-order valence-electron chi connectivity index (χ2n) is 2.89. The van der Waals surface area contributed by atoms with Crippen molar-refractivity contribution in [1.82, 2.24) is 9.78 Å². The molecule has 0 radical (unpaired) electrons. The van der Waals surface area contributed by atoms with Gasteiger partial charge in [0.05, 0.1) is 17.6 Å². The first-order valence-corrected chi connectivity index (χ1v) is 5.82. The molecule has 13 heavy (non-hydrogen) atoms. The topological polar surface area (TPSA) is 64.0 Å². The van der Waals surface area contributed by atoms with Crippen LogP contribution in [-0.2, 0) is 23.5 Å². The van der Waals surface area contributed by atoms with Crippen LogP contribution in [0.3, 0.4) is 0 Å². The van der Waals surface area contributed by atoms with Gasteiger partial charge >= 0.3 is 0 Å². The number of hydrogen-bond donors (Lipinski definition) is 1. The Morgan fingerprint density at radius 2 is 2.23 bits per heavy atom. The lowest BCUT2D eigenvalue weighted by molar-refractivity contribution is 0.606. The van der Waals surface area contributed by atoms with Crippen molar-refractivity contribution in [2.45, 2.75) is 13.3 Å². The SMILES string of the molecule is CCc1nn(C)cc1NS(C)(=O)=O. The lowest BCUT2D eigenvalue weighted by Gasteiger charge is -2.00. The summed E-state index contributed by atoms with van der Waals surface area (Å²) in [5, 5.41) is 4.10. The second kappa shape index (κ2) is 3.37. The maximum Gasteiger partial charge on any atom is 0.229 e.